The molecule has 0 aromatic rings. The molecule has 2 fully saturated rings. The van der Waals surface area contributed by atoms with Crippen LogP contribution in [-0.4, -0.2) is 73.7 Å². The Morgan fingerprint density at radius 1 is 1.17 bits per heavy atom. The molecule has 2 heterocycles. The number of alkyl halides is 2. The van der Waals surface area contributed by atoms with E-state index >= 15 is 0 Å². The minimum atomic E-state index is -2.31. The van der Waals surface area contributed by atoms with Crippen molar-refractivity contribution in [3.63, 3.8) is 0 Å². The average molecular weight is 333 g/mol. The van der Waals surface area contributed by atoms with Crippen LogP contribution in [0.5, 0.6) is 0 Å². The Labute approximate surface area is 137 Å². The highest BCUT2D eigenvalue weighted by Gasteiger charge is 2.26. The quantitative estimate of drug-likeness (QED) is 0.858. The predicted molar refractivity (Wildman–Crippen MR) is 84.8 cm³/mol. The topological polar surface area (TPSA) is 44.8 Å². The van der Waals surface area contributed by atoms with Gasteiger partial charge in [-0.1, -0.05) is 0 Å². The number of halogens is 2. The lowest BCUT2D eigenvalue weighted by Crippen LogP contribution is -2.45. The summed E-state index contributed by atoms with van der Waals surface area (Å²) in [6, 6.07) is -0.0734. The van der Waals surface area contributed by atoms with Gasteiger partial charge < -0.3 is 15.0 Å². The Morgan fingerprint density at radius 3 is 2.52 bits per heavy atom. The summed E-state index contributed by atoms with van der Waals surface area (Å²) < 4.78 is 30.6. The van der Waals surface area contributed by atoms with E-state index in [1.165, 1.54) is 0 Å². The minimum absolute atomic E-state index is 0.0734. The number of hydrogen-bond donors (Lipinski definition) is 1. The zero-order valence-corrected chi connectivity index (χ0v) is 14.1. The first-order valence-electron chi connectivity index (χ1n) is 8.62. The van der Waals surface area contributed by atoms with Gasteiger partial charge in [-0.3, -0.25) is 4.90 Å². The molecule has 1 N–H and O–H groups in total. The van der Waals surface area contributed by atoms with Gasteiger partial charge in [0.05, 0.1) is 18.8 Å². The standard InChI is InChI=1S/C16H29F2N3O2/c1-12-8-14(9-13(2)23-12)10-19-16(22)21-5-3-4-20(6-7-21)11-15(17)18/h12-15H,3-11H2,1-2H3,(H,19,22)/t12-,13+,14?. The first-order valence-corrected chi connectivity index (χ1v) is 8.62. The van der Waals surface area contributed by atoms with Crippen LogP contribution in [0.25, 0.3) is 0 Å². The van der Waals surface area contributed by atoms with E-state index in [1.807, 2.05) is 0 Å². The minimum Gasteiger partial charge on any atom is -0.376 e. The van der Waals surface area contributed by atoms with E-state index in [2.05, 4.69) is 19.2 Å². The summed E-state index contributed by atoms with van der Waals surface area (Å²) in [7, 11) is 0. The molecule has 0 aliphatic carbocycles. The molecule has 0 radical (unpaired) electrons. The summed E-state index contributed by atoms with van der Waals surface area (Å²) in [5.41, 5.74) is 0. The number of nitrogens with zero attached hydrogens (tertiary/aromatic N) is 2. The molecule has 0 aromatic carbocycles. The van der Waals surface area contributed by atoms with E-state index in [-0.39, 0.29) is 24.8 Å². The van der Waals surface area contributed by atoms with Crippen LogP contribution in [0.4, 0.5) is 13.6 Å². The maximum Gasteiger partial charge on any atom is 0.317 e. The van der Waals surface area contributed by atoms with Crippen LogP contribution in [0.1, 0.15) is 33.1 Å². The molecule has 134 valence electrons. The zero-order valence-electron chi connectivity index (χ0n) is 14.1. The number of ether oxygens (including phenoxy) is 1. The van der Waals surface area contributed by atoms with Crippen molar-refractivity contribution in [3.8, 4) is 0 Å². The van der Waals surface area contributed by atoms with Crippen LogP contribution in [0.15, 0.2) is 0 Å². The summed E-state index contributed by atoms with van der Waals surface area (Å²) >= 11 is 0. The third-order valence-electron chi connectivity index (χ3n) is 4.61. The van der Waals surface area contributed by atoms with Gasteiger partial charge in [0.25, 0.3) is 6.43 Å². The molecule has 0 aromatic heterocycles. The molecule has 0 spiro atoms. The maximum atomic E-state index is 12.5. The fourth-order valence-corrected chi connectivity index (χ4v) is 3.60. The molecular formula is C16H29F2N3O2. The molecular weight excluding hydrogens is 304 g/mol. The molecule has 0 saturated carbocycles. The Balaban J connectivity index is 1.73. The molecule has 1 unspecified atom stereocenters. The van der Waals surface area contributed by atoms with Gasteiger partial charge in [-0.25, -0.2) is 13.6 Å². The summed E-state index contributed by atoms with van der Waals surface area (Å²) in [4.78, 5) is 15.8. The van der Waals surface area contributed by atoms with Gasteiger partial charge >= 0.3 is 6.03 Å². The van der Waals surface area contributed by atoms with Crippen molar-refractivity contribution in [1.29, 1.82) is 0 Å². The number of rotatable bonds is 4. The van der Waals surface area contributed by atoms with E-state index in [0.29, 0.717) is 38.6 Å². The lowest BCUT2D eigenvalue weighted by Gasteiger charge is -2.32. The number of carbonyl (C=O) groups excluding carboxylic acids is 1. The fourth-order valence-electron chi connectivity index (χ4n) is 3.60. The SMILES string of the molecule is C[C@@H]1CC(CNC(=O)N2CCCN(CC(F)F)CC2)C[C@H](C)O1. The molecule has 2 amide bonds. The van der Waals surface area contributed by atoms with Crippen LogP contribution in [0.3, 0.4) is 0 Å². The van der Waals surface area contributed by atoms with E-state index in [1.54, 1.807) is 9.80 Å². The van der Waals surface area contributed by atoms with E-state index in [4.69, 9.17) is 4.74 Å². The summed E-state index contributed by atoms with van der Waals surface area (Å²) in [6.07, 6.45) is 0.835. The molecule has 3 atom stereocenters. The van der Waals surface area contributed by atoms with Crippen LogP contribution < -0.4 is 5.32 Å². The first kappa shape index (κ1) is 18.4. The highest BCUT2D eigenvalue weighted by Crippen LogP contribution is 2.24. The van der Waals surface area contributed by atoms with Gasteiger partial charge in [0.15, 0.2) is 0 Å². The van der Waals surface area contributed by atoms with Crippen molar-refractivity contribution < 1.29 is 18.3 Å². The first-order chi connectivity index (χ1) is 10.9. The smallest absolute Gasteiger partial charge is 0.317 e. The van der Waals surface area contributed by atoms with Gasteiger partial charge in [0, 0.05) is 32.7 Å². The number of carbonyl (C=O) groups is 1. The average Bonchev–Trinajstić information content (AvgIpc) is 2.69. The van der Waals surface area contributed by atoms with Crippen molar-refractivity contribution in [3.05, 3.63) is 0 Å². The number of hydrogen-bond acceptors (Lipinski definition) is 3. The molecule has 2 aliphatic heterocycles. The predicted octanol–water partition coefficient (Wildman–Crippen LogP) is 2.17. The van der Waals surface area contributed by atoms with Gasteiger partial charge in [-0.2, -0.15) is 0 Å². The van der Waals surface area contributed by atoms with Crippen molar-refractivity contribution >= 4 is 6.03 Å². The van der Waals surface area contributed by atoms with Gasteiger partial charge in [0.2, 0.25) is 0 Å². The largest absolute Gasteiger partial charge is 0.376 e. The highest BCUT2D eigenvalue weighted by atomic mass is 19.3. The molecule has 0 bridgehead atoms. The third-order valence-corrected chi connectivity index (χ3v) is 4.61. The van der Waals surface area contributed by atoms with Crippen molar-refractivity contribution in [1.82, 2.24) is 15.1 Å². The second-order valence-electron chi connectivity index (χ2n) is 6.81. The number of urea groups is 1. The van der Waals surface area contributed by atoms with E-state index in [9.17, 15) is 13.6 Å². The van der Waals surface area contributed by atoms with Crippen LogP contribution in [0, 0.1) is 5.92 Å². The normalized spacial score (nSPS) is 30.3. The van der Waals surface area contributed by atoms with Crippen molar-refractivity contribution in [2.24, 2.45) is 5.92 Å². The second-order valence-corrected chi connectivity index (χ2v) is 6.81. The second kappa shape index (κ2) is 8.78. The Morgan fingerprint density at radius 2 is 1.87 bits per heavy atom. The fraction of sp³-hybridized carbons (Fsp3) is 0.938. The zero-order chi connectivity index (χ0) is 16.8. The van der Waals surface area contributed by atoms with Crippen molar-refractivity contribution in [2.75, 3.05) is 39.3 Å². The Hall–Kier alpha value is -0.950. The summed E-state index contributed by atoms with van der Waals surface area (Å²) in [6.45, 7) is 6.88. The summed E-state index contributed by atoms with van der Waals surface area (Å²) in [5, 5.41) is 3.01. The van der Waals surface area contributed by atoms with Crippen molar-refractivity contribution in [2.45, 2.75) is 51.7 Å². The number of nitrogens with one attached hydrogen (secondary N) is 1. The highest BCUT2D eigenvalue weighted by molar-refractivity contribution is 5.74. The molecule has 2 rings (SSSR count). The Kier molecular flexibility index (Phi) is 7.02. The molecule has 2 saturated heterocycles. The molecule has 23 heavy (non-hydrogen) atoms. The van der Waals surface area contributed by atoms with Crippen LogP contribution >= 0.6 is 0 Å². The van der Waals surface area contributed by atoms with Gasteiger partial charge in [0.1, 0.15) is 0 Å². The lowest BCUT2D eigenvalue weighted by molar-refractivity contribution is -0.0512. The van der Waals surface area contributed by atoms with Crippen LogP contribution in [0.2, 0.25) is 0 Å². The monoisotopic (exact) mass is 333 g/mol. The lowest BCUT2D eigenvalue weighted by atomic mass is 9.92. The maximum absolute atomic E-state index is 12.5. The van der Waals surface area contributed by atoms with E-state index < -0.39 is 6.43 Å². The Bertz CT molecular complexity index is 374. The number of amides is 2. The molecule has 2 aliphatic rings. The summed E-state index contributed by atoms with van der Waals surface area (Å²) in [5.74, 6) is 0.444. The van der Waals surface area contributed by atoms with Gasteiger partial charge in [-0.15, -0.1) is 0 Å². The third kappa shape index (κ3) is 6.22. The van der Waals surface area contributed by atoms with Gasteiger partial charge in [-0.05, 0) is 39.0 Å². The van der Waals surface area contributed by atoms with Crippen LogP contribution in [-0.2, 0) is 4.74 Å². The molecule has 7 heteroatoms. The van der Waals surface area contributed by atoms with E-state index in [0.717, 1.165) is 19.3 Å². The molecule has 5 nitrogen and oxygen atoms in total.